The number of ether oxygens (including phenoxy) is 2. The standard InChI is InChI=1S/C21H24N6O4S/c1-2-9-30-13-11-27-20(31-12-13)18(10-23-27)32(22,29)26-21(28)25-19-14-5-3-7-16(14)24-17-8-4-6-15(17)19/h1,10,13H,3-9,11-12H2,(H3,22,24,25,26,28,29). The number of hydrogen-bond acceptors (Lipinski definition) is 6. The SMILES string of the molecule is C#CCOC1COc2c(S(N)(=O)=NC(=O)Nc3c4c(nc5c3CCC5)CCC4)cnn2C1. The molecule has 10 nitrogen and oxygen atoms in total. The average molecular weight is 457 g/mol. The first-order chi connectivity index (χ1) is 15.5. The molecule has 2 atom stereocenters. The van der Waals surface area contributed by atoms with Crippen LogP contribution in [-0.4, -0.2) is 44.3 Å². The highest BCUT2D eigenvalue weighted by molar-refractivity contribution is 7.91. The molecule has 2 aromatic heterocycles. The molecule has 5 rings (SSSR count). The van der Waals surface area contributed by atoms with Crippen molar-refractivity contribution < 1.29 is 18.5 Å². The summed E-state index contributed by atoms with van der Waals surface area (Å²) in [7, 11) is -3.57. The number of urea groups is 1. The lowest BCUT2D eigenvalue weighted by Crippen LogP contribution is -2.33. The molecule has 0 saturated carbocycles. The molecule has 0 spiro atoms. The summed E-state index contributed by atoms with van der Waals surface area (Å²) < 4.78 is 29.6. The maximum Gasteiger partial charge on any atom is 0.354 e. The molecule has 3 N–H and O–H groups in total. The molecular formula is C21H24N6O4S. The van der Waals surface area contributed by atoms with Gasteiger partial charge in [0.15, 0.2) is 9.92 Å². The number of fused-ring (bicyclic) bond motifs is 3. The molecule has 0 aromatic carbocycles. The van der Waals surface area contributed by atoms with Crippen molar-refractivity contribution in [3.8, 4) is 18.2 Å². The number of carbonyl (C=O) groups excluding carboxylic acids is 1. The van der Waals surface area contributed by atoms with Gasteiger partial charge in [0.05, 0.1) is 18.4 Å². The second-order valence-corrected chi connectivity index (χ2v) is 9.84. The van der Waals surface area contributed by atoms with E-state index >= 15 is 0 Å². The van der Waals surface area contributed by atoms with Gasteiger partial charge < -0.3 is 14.8 Å². The fraction of sp³-hybridized carbons (Fsp3) is 0.476. The van der Waals surface area contributed by atoms with Crippen LogP contribution in [-0.2, 0) is 46.9 Å². The van der Waals surface area contributed by atoms with Crippen LogP contribution in [0.5, 0.6) is 5.88 Å². The second-order valence-electron chi connectivity index (χ2n) is 8.08. The minimum absolute atomic E-state index is 0.0771. The molecule has 0 saturated heterocycles. The summed E-state index contributed by atoms with van der Waals surface area (Å²) in [6.45, 7) is 0.731. The minimum Gasteiger partial charge on any atom is -0.474 e. The number of aryl methyl sites for hydroxylation is 2. The Morgan fingerprint density at radius 1 is 1.34 bits per heavy atom. The maximum atomic E-state index is 13.2. The molecule has 32 heavy (non-hydrogen) atoms. The number of carbonyl (C=O) groups is 1. The van der Waals surface area contributed by atoms with Gasteiger partial charge in [0.2, 0.25) is 5.88 Å². The van der Waals surface area contributed by atoms with Crippen LogP contribution < -0.4 is 15.2 Å². The Kier molecular flexibility index (Phi) is 5.36. The third-order valence-corrected chi connectivity index (χ3v) is 7.31. The van der Waals surface area contributed by atoms with E-state index in [0.717, 1.165) is 66.7 Å². The summed E-state index contributed by atoms with van der Waals surface area (Å²) in [5.74, 6) is 2.63. The Bertz CT molecular complexity index is 1220. The van der Waals surface area contributed by atoms with E-state index in [-0.39, 0.29) is 30.1 Å². The van der Waals surface area contributed by atoms with Crippen molar-refractivity contribution in [2.24, 2.45) is 9.50 Å². The summed E-state index contributed by atoms with van der Waals surface area (Å²) in [6, 6.07) is -0.752. The van der Waals surface area contributed by atoms with Gasteiger partial charge in [-0.15, -0.1) is 10.8 Å². The topological polar surface area (TPSA) is 134 Å². The van der Waals surface area contributed by atoms with E-state index in [0.29, 0.717) is 6.54 Å². The second kappa shape index (κ2) is 8.20. The van der Waals surface area contributed by atoms with E-state index in [1.165, 1.54) is 10.9 Å². The summed E-state index contributed by atoms with van der Waals surface area (Å²) in [4.78, 5) is 17.7. The smallest absolute Gasteiger partial charge is 0.354 e. The predicted octanol–water partition coefficient (Wildman–Crippen LogP) is 1.60. The zero-order chi connectivity index (χ0) is 22.3. The van der Waals surface area contributed by atoms with Gasteiger partial charge >= 0.3 is 6.03 Å². The van der Waals surface area contributed by atoms with E-state index in [1.54, 1.807) is 0 Å². The number of amides is 2. The third kappa shape index (κ3) is 3.74. The Balaban J connectivity index is 1.40. The molecule has 11 heteroatoms. The van der Waals surface area contributed by atoms with Gasteiger partial charge in [-0.2, -0.15) is 5.10 Å². The molecule has 2 unspecified atom stereocenters. The Morgan fingerprint density at radius 2 is 2.06 bits per heavy atom. The number of anilines is 1. The Labute approximate surface area is 186 Å². The van der Waals surface area contributed by atoms with Gasteiger partial charge in [-0.1, -0.05) is 5.92 Å². The highest BCUT2D eigenvalue weighted by Gasteiger charge is 2.29. The zero-order valence-corrected chi connectivity index (χ0v) is 18.3. The first-order valence-electron chi connectivity index (χ1n) is 10.6. The lowest BCUT2D eigenvalue weighted by molar-refractivity contribution is 0.00163. The number of rotatable bonds is 4. The highest BCUT2D eigenvalue weighted by atomic mass is 32.2. The van der Waals surface area contributed by atoms with E-state index in [2.05, 4.69) is 20.7 Å². The molecule has 2 aliphatic carbocycles. The van der Waals surface area contributed by atoms with Crippen molar-refractivity contribution >= 4 is 21.6 Å². The van der Waals surface area contributed by atoms with Crippen molar-refractivity contribution in [3.63, 3.8) is 0 Å². The van der Waals surface area contributed by atoms with Crippen LogP contribution in [0.4, 0.5) is 10.5 Å². The molecule has 0 bridgehead atoms. The summed E-state index contributed by atoms with van der Waals surface area (Å²) >= 11 is 0. The Morgan fingerprint density at radius 3 is 2.75 bits per heavy atom. The van der Waals surface area contributed by atoms with Crippen molar-refractivity contribution in [2.45, 2.75) is 56.1 Å². The van der Waals surface area contributed by atoms with E-state index in [1.807, 2.05) is 0 Å². The predicted molar refractivity (Wildman–Crippen MR) is 117 cm³/mol. The van der Waals surface area contributed by atoms with Gasteiger partial charge in [-0.25, -0.2) is 18.8 Å². The van der Waals surface area contributed by atoms with Crippen LogP contribution in [0, 0.1) is 12.3 Å². The van der Waals surface area contributed by atoms with Gasteiger partial charge in [0.25, 0.3) is 0 Å². The summed E-state index contributed by atoms with van der Waals surface area (Å²) in [6.07, 6.45) is 11.8. The van der Waals surface area contributed by atoms with Gasteiger partial charge in [0.1, 0.15) is 24.2 Å². The average Bonchev–Trinajstić information content (AvgIpc) is 3.50. The number of pyridine rings is 1. The highest BCUT2D eigenvalue weighted by Crippen LogP contribution is 2.37. The largest absolute Gasteiger partial charge is 0.474 e. The normalized spacial score (nSPS) is 20.3. The molecule has 2 aromatic rings. The number of terminal acetylenes is 1. The summed E-state index contributed by atoms with van der Waals surface area (Å²) in [5.41, 5.74) is 4.96. The van der Waals surface area contributed by atoms with Gasteiger partial charge in [0, 0.05) is 11.4 Å². The quantitative estimate of drug-likeness (QED) is 0.671. The van der Waals surface area contributed by atoms with Crippen molar-refractivity contribution in [2.75, 3.05) is 18.5 Å². The summed E-state index contributed by atoms with van der Waals surface area (Å²) in [5, 5.41) is 13.0. The van der Waals surface area contributed by atoms with Crippen molar-refractivity contribution in [1.29, 1.82) is 0 Å². The van der Waals surface area contributed by atoms with Crippen LogP contribution in [0.2, 0.25) is 0 Å². The van der Waals surface area contributed by atoms with Crippen LogP contribution in [0.15, 0.2) is 15.5 Å². The lowest BCUT2D eigenvalue weighted by Gasteiger charge is -2.24. The minimum atomic E-state index is -3.57. The fourth-order valence-corrected chi connectivity index (χ4v) is 5.56. The number of nitrogens with two attached hydrogens (primary N) is 1. The van der Waals surface area contributed by atoms with Crippen LogP contribution in [0.1, 0.15) is 35.4 Å². The fourth-order valence-electron chi connectivity index (χ4n) is 4.56. The molecule has 0 fully saturated rings. The number of aromatic nitrogens is 3. The molecular weight excluding hydrogens is 432 g/mol. The third-order valence-electron chi connectivity index (χ3n) is 5.96. The van der Waals surface area contributed by atoms with Crippen molar-refractivity contribution in [1.82, 2.24) is 14.8 Å². The zero-order valence-electron chi connectivity index (χ0n) is 17.5. The monoisotopic (exact) mass is 456 g/mol. The molecule has 2 amide bonds. The van der Waals surface area contributed by atoms with Crippen LogP contribution in [0.25, 0.3) is 0 Å². The first-order valence-corrected chi connectivity index (χ1v) is 12.2. The maximum absolute atomic E-state index is 13.2. The molecule has 0 radical (unpaired) electrons. The first kappa shape index (κ1) is 20.9. The van der Waals surface area contributed by atoms with E-state index in [9.17, 15) is 9.00 Å². The molecule has 3 aliphatic rings. The number of nitrogens with zero attached hydrogens (tertiary/aromatic N) is 4. The van der Waals surface area contributed by atoms with E-state index < -0.39 is 15.9 Å². The van der Waals surface area contributed by atoms with Crippen LogP contribution in [0.3, 0.4) is 0 Å². The van der Waals surface area contributed by atoms with Crippen molar-refractivity contribution in [3.05, 3.63) is 28.7 Å². The van der Waals surface area contributed by atoms with Gasteiger partial charge in [-0.3, -0.25) is 4.98 Å². The molecule has 168 valence electrons. The number of nitrogens with one attached hydrogen (secondary N) is 1. The molecule has 1 aliphatic heterocycles. The molecule has 3 heterocycles. The van der Waals surface area contributed by atoms with Crippen LogP contribution >= 0.6 is 0 Å². The van der Waals surface area contributed by atoms with E-state index in [4.69, 9.17) is 26.0 Å². The Hall–Kier alpha value is -2.94. The number of hydrogen-bond donors (Lipinski definition) is 2. The van der Waals surface area contributed by atoms with Gasteiger partial charge in [-0.05, 0) is 49.7 Å². The lowest BCUT2D eigenvalue weighted by atomic mass is 10.1.